The van der Waals surface area contributed by atoms with E-state index in [2.05, 4.69) is 24.2 Å². The van der Waals surface area contributed by atoms with Gasteiger partial charge in [0.15, 0.2) is 0 Å². The molecule has 2 saturated carbocycles. The van der Waals surface area contributed by atoms with Crippen LogP contribution in [0.3, 0.4) is 0 Å². The van der Waals surface area contributed by atoms with E-state index in [4.69, 9.17) is 10.4 Å². The fraction of sp³-hybridized carbons (Fsp3) is 0.800. The van der Waals surface area contributed by atoms with Gasteiger partial charge in [0.05, 0.1) is 11.4 Å². The topological polar surface area (TPSA) is 65.2 Å². The van der Waals surface area contributed by atoms with Gasteiger partial charge in [0.2, 0.25) is 0 Å². The molecule has 0 aromatic heterocycles. The summed E-state index contributed by atoms with van der Waals surface area (Å²) in [6, 6.07) is 0. The van der Waals surface area contributed by atoms with Crippen LogP contribution in [0.25, 0.3) is 0 Å². The number of nitrogens with zero attached hydrogens (tertiary/aromatic N) is 2. The van der Waals surface area contributed by atoms with E-state index in [0.29, 0.717) is 23.0 Å². The molecule has 0 aliphatic heterocycles. The summed E-state index contributed by atoms with van der Waals surface area (Å²) >= 11 is 0. The Bertz CT molecular complexity index is 320. The second-order valence-corrected chi connectivity index (χ2v) is 4.97. The molecule has 3 atom stereocenters. The Hall–Kier alpha value is -1.06. The molecule has 0 aromatic rings. The minimum Gasteiger partial charge on any atom is -0.411 e. The van der Waals surface area contributed by atoms with Crippen molar-refractivity contribution in [3.8, 4) is 0 Å². The van der Waals surface area contributed by atoms with Gasteiger partial charge in [-0.05, 0) is 30.6 Å². The summed E-state index contributed by atoms with van der Waals surface area (Å²) < 4.78 is 0. The monoisotopic (exact) mass is 196 g/mol. The Kier molecular flexibility index (Phi) is 1.84. The van der Waals surface area contributed by atoms with E-state index >= 15 is 0 Å². The quantitative estimate of drug-likeness (QED) is 0.382. The molecule has 2 N–H and O–H groups in total. The third-order valence-corrected chi connectivity index (χ3v) is 4.02. The maximum Gasteiger partial charge on any atom is 0.0665 e. The van der Waals surface area contributed by atoms with Crippen molar-refractivity contribution in [2.45, 2.75) is 27.2 Å². The molecular formula is C10H16N2O2. The highest BCUT2D eigenvalue weighted by Crippen LogP contribution is 2.68. The van der Waals surface area contributed by atoms with Gasteiger partial charge in [-0.3, -0.25) is 0 Å². The second-order valence-electron chi connectivity index (χ2n) is 4.97. The number of rotatable bonds is 1. The zero-order chi connectivity index (χ0) is 10.5. The number of fused-ring (bicyclic) bond motifs is 1. The molecule has 0 radical (unpaired) electrons. The summed E-state index contributed by atoms with van der Waals surface area (Å²) in [5.41, 5.74) is 1.75. The van der Waals surface area contributed by atoms with Gasteiger partial charge in [0.25, 0.3) is 0 Å². The van der Waals surface area contributed by atoms with Gasteiger partial charge in [-0.25, -0.2) is 0 Å². The molecule has 0 aromatic carbocycles. The smallest absolute Gasteiger partial charge is 0.0665 e. The highest BCUT2D eigenvalue weighted by atomic mass is 16.4. The average Bonchev–Trinajstić information content (AvgIpc) is 2.57. The standard InChI is InChI=1S/C10H16N2O2/c1-5(11-13)8-7(12-14)4-6-9(8)10(6,2)3/h6,8-9,13-14H,4H2,1-3H3/b11-5+,12-7?/t6-,8-,9-/m1/s1. The highest BCUT2D eigenvalue weighted by Gasteiger charge is 2.67. The summed E-state index contributed by atoms with van der Waals surface area (Å²) in [6.07, 6.45) is 0.839. The minimum atomic E-state index is 0.0463. The molecule has 0 bridgehead atoms. The van der Waals surface area contributed by atoms with Crippen LogP contribution in [0.5, 0.6) is 0 Å². The Morgan fingerprint density at radius 1 is 1.43 bits per heavy atom. The van der Waals surface area contributed by atoms with E-state index in [-0.39, 0.29) is 5.92 Å². The first-order chi connectivity index (χ1) is 6.54. The summed E-state index contributed by atoms with van der Waals surface area (Å²) in [4.78, 5) is 0. The van der Waals surface area contributed by atoms with Crippen molar-refractivity contribution in [2.75, 3.05) is 0 Å². The van der Waals surface area contributed by atoms with E-state index in [1.807, 2.05) is 0 Å². The predicted molar refractivity (Wildman–Crippen MR) is 53.0 cm³/mol. The van der Waals surface area contributed by atoms with Crippen LogP contribution >= 0.6 is 0 Å². The van der Waals surface area contributed by atoms with E-state index < -0.39 is 0 Å². The van der Waals surface area contributed by atoms with Crippen molar-refractivity contribution in [3.63, 3.8) is 0 Å². The molecule has 0 spiro atoms. The van der Waals surface area contributed by atoms with Crippen molar-refractivity contribution >= 4 is 11.4 Å². The lowest BCUT2D eigenvalue weighted by Gasteiger charge is -2.17. The lowest BCUT2D eigenvalue weighted by atomic mass is 9.88. The Morgan fingerprint density at radius 2 is 2.07 bits per heavy atom. The number of oxime groups is 2. The highest BCUT2D eigenvalue weighted by molar-refractivity contribution is 6.09. The molecule has 2 rings (SSSR count). The van der Waals surface area contributed by atoms with Crippen molar-refractivity contribution in [2.24, 2.45) is 33.5 Å². The summed E-state index contributed by atoms with van der Waals surface area (Å²) in [5.74, 6) is 1.13. The zero-order valence-electron chi connectivity index (χ0n) is 8.73. The van der Waals surface area contributed by atoms with Crippen molar-refractivity contribution in [3.05, 3.63) is 0 Å². The molecule has 14 heavy (non-hydrogen) atoms. The largest absolute Gasteiger partial charge is 0.411 e. The fourth-order valence-corrected chi connectivity index (χ4v) is 3.06. The maximum absolute atomic E-state index is 8.84. The van der Waals surface area contributed by atoms with E-state index in [1.54, 1.807) is 6.92 Å². The SMILES string of the molecule is C/C(=N\O)[C@@H]1C(=NO)C[C@@H]2[C@H]1C2(C)C. The molecule has 0 unspecified atom stereocenters. The van der Waals surface area contributed by atoms with E-state index in [1.165, 1.54) is 0 Å². The van der Waals surface area contributed by atoms with Crippen LogP contribution in [0.15, 0.2) is 10.3 Å². The normalized spacial score (nSPS) is 42.6. The molecule has 78 valence electrons. The zero-order valence-corrected chi connectivity index (χ0v) is 8.73. The Morgan fingerprint density at radius 3 is 2.57 bits per heavy atom. The molecule has 4 heteroatoms. The van der Waals surface area contributed by atoms with Gasteiger partial charge in [-0.1, -0.05) is 24.2 Å². The number of hydrogen-bond acceptors (Lipinski definition) is 4. The molecule has 0 saturated heterocycles. The van der Waals surface area contributed by atoms with Crippen LogP contribution in [0.2, 0.25) is 0 Å². The van der Waals surface area contributed by atoms with E-state index in [0.717, 1.165) is 12.1 Å². The molecular weight excluding hydrogens is 180 g/mol. The van der Waals surface area contributed by atoms with Gasteiger partial charge in [-0.2, -0.15) is 0 Å². The summed E-state index contributed by atoms with van der Waals surface area (Å²) in [7, 11) is 0. The van der Waals surface area contributed by atoms with Crippen LogP contribution in [-0.4, -0.2) is 21.8 Å². The first kappa shape index (κ1) is 9.49. The van der Waals surface area contributed by atoms with Crippen molar-refractivity contribution in [1.29, 1.82) is 0 Å². The van der Waals surface area contributed by atoms with Gasteiger partial charge in [-0.15, -0.1) is 0 Å². The molecule has 0 amide bonds. The third kappa shape index (κ3) is 0.996. The van der Waals surface area contributed by atoms with Gasteiger partial charge in [0.1, 0.15) is 0 Å². The first-order valence-electron chi connectivity index (χ1n) is 4.93. The summed E-state index contributed by atoms with van der Waals surface area (Å²) in [5, 5.41) is 24.2. The lowest BCUT2D eigenvalue weighted by molar-refractivity contribution is 0.308. The molecule has 2 aliphatic carbocycles. The Balaban J connectivity index is 2.28. The second kappa shape index (κ2) is 2.72. The number of hydrogen-bond donors (Lipinski definition) is 2. The molecule has 4 nitrogen and oxygen atoms in total. The van der Waals surface area contributed by atoms with Gasteiger partial charge >= 0.3 is 0 Å². The van der Waals surface area contributed by atoms with E-state index in [9.17, 15) is 0 Å². The third-order valence-electron chi connectivity index (χ3n) is 4.02. The maximum atomic E-state index is 8.84. The van der Waals surface area contributed by atoms with Gasteiger partial charge in [0, 0.05) is 5.92 Å². The van der Waals surface area contributed by atoms with Crippen LogP contribution < -0.4 is 0 Å². The van der Waals surface area contributed by atoms with Crippen LogP contribution in [0.4, 0.5) is 0 Å². The van der Waals surface area contributed by atoms with Gasteiger partial charge < -0.3 is 10.4 Å². The van der Waals surface area contributed by atoms with Crippen molar-refractivity contribution in [1.82, 2.24) is 0 Å². The Labute approximate surface area is 83.3 Å². The average molecular weight is 196 g/mol. The van der Waals surface area contributed by atoms with Crippen LogP contribution in [0.1, 0.15) is 27.2 Å². The molecule has 2 aliphatic rings. The molecule has 0 heterocycles. The van der Waals surface area contributed by atoms with Crippen LogP contribution in [-0.2, 0) is 0 Å². The fourth-order valence-electron chi connectivity index (χ4n) is 3.06. The molecule has 2 fully saturated rings. The first-order valence-corrected chi connectivity index (χ1v) is 4.93. The minimum absolute atomic E-state index is 0.0463. The lowest BCUT2D eigenvalue weighted by Crippen LogP contribution is -2.24. The summed E-state index contributed by atoms with van der Waals surface area (Å²) in [6.45, 7) is 6.22. The van der Waals surface area contributed by atoms with Crippen LogP contribution in [0, 0.1) is 23.2 Å². The predicted octanol–water partition coefficient (Wildman–Crippen LogP) is 1.96. The van der Waals surface area contributed by atoms with Crippen molar-refractivity contribution < 1.29 is 10.4 Å².